The van der Waals surface area contributed by atoms with E-state index in [9.17, 15) is 18.4 Å². The van der Waals surface area contributed by atoms with E-state index in [1.807, 2.05) is 0 Å². The van der Waals surface area contributed by atoms with Crippen LogP contribution in [0.5, 0.6) is 0 Å². The van der Waals surface area contributed by atoms with E-state index in [1.54, 1.807) is 39.0 Å². The predicted molar refractivity (Wildman–Crippen MR) is 117 cm³/mol. The van der Waals surface area contributed by atoms with Crippen molar-refractivity contribution in [1.82, 2.24) is 0 Å². The van der Waals surface area contributed by atoms with Gasteiger partial charge in [-0.05, 0) is 61.7 Å². The SMILES string of the molecule is C=CN(N=C(C)C)c1ccc(/C=C/C(c2cc(C)cc(Cl)c2)C(F)(F)F)cc1C#N. The molecule has 0 spiro atoms. The first-order valence-electron chi connectivity index (χ1n) is 9.05. The second-order valence-electron chi connectivity index (χ2n) is 6.90. The fourth-order valence-corrected chi connectivity index (χ4v) is 3.21. The summed E-state index contributed by atoms with van der Waals surface area (Å²) in [6, 6.07) is 11.2. The lowest BCUT2D eigenvalue weighted by Crippen LogP contribution is -2.19. The van der Waals surface area contributed by atoms with Crippen molar-refractivity contribution >= 4 is 29.1 Å². The van der Waals surface area contributed by atoms with Gasteiger partial charge in [0.2, 0.25) is 0 Å². The third-order valence-electron chi connectivity index (χ3n) is 4.13. The average molecular weight is 432 g/mol. The summed E-state index contributed by atoms with van der Waals surface area (Å²) < 4.78 is 41.0. The van der Waals surface area contributed by atoms with Crippen molar-refractivity contribution in [3.05, 3.63) is 82.5 Å². The monoisotopic (exact) mass is 431 g/mol. The van der Waals surface area contributed by atoms with Gasteiger partial charge in [-0.15, -0.1) is 0 Å². The summed E-state index contributed by atoms with van der Waals surface area (Å²) in [7, 11) is 0. The molecule has 0 N–H and O–H groups in total. The summed E-state index contributed by atoms with van der Waals surface area (Å²) in [5, 5.41) is 15.5. The molecule has 1 unspecified atom stereocenters. The molecule has 3 nitrogen and oxygen atoms in total. The number of hydrogen-bond donors (Lipinski definition) is 0. The van der Waals surface area contributed by atoms with Crippen LogP contribution in [0.4, 0.5) is 18.9 Å². The van der Waals surface area contributed by atoms with Gasteiger partial charge < -0.3 is 0 Å². The molecule has 2 rings (SSSR count). The van der Waals surface area contributed by atoms with E-state index in [-0.39, 0.29) is 16.1 Å². The first-order valence-corrected chi connectivity index (χ1v) is 9.42. The minimum atomic E-state index is -4.49. The second-order valence-corrected chi connectivity index (χ2v) is 7.34. The lowest BCUT2D eigenvalue weighted by molar-refractivity contribution is -0.139. The van der Waals surface area contributed by atoms with E-state index >= 15 is 0 Å². The summed E-state index contributed by atoms with van der Waals surface area (Å²) in [5.41, 5.74) is 2.68. The molecule has 0 amide bonds. The number of hydrazone groups is 1. The van der Waals surface area contributed by atoms with Crippen LogP contribution in [-0.2, 0) is 0 Å². The molecule has 7 heteroatoms. The summed E-state index contributed by atoms with van der Waals surface area (Å²) in [5.74, 6) is -1.82. The smallest absolute Gasteiger partial charge is 0.240 e. The van der Waals surface area contributed by atoms with E-state index in [0.717, 1.165) is 11.8 Å². The van der Waals surface area contributed by atoms with Crippen LogP contribution in [0.3, 0.4) is 0 Å². The van der Waals surface area contributed by atoms with Crippen LogP contribution in [0, 0.1) is 18.3 Å². The molecule has 156 valence electrons. The molecular weight excluding hydrogens is 411 g/mol. The highest BCUT2D eigenvalue weighted by Gasteiger charge is 2.39. The molecule has 0 aliphatic carbocycles. The Morgan fingerprint density at radius 3 is 2.47 bits per heavy atom. The largest absolute Gasteiger partial charge is 0.399 e. The van der Waals surface area contributed by atoms with Crippen LogP contribution in [0.2, 0.25) is 5.02 Å². The van der Waals surface area contributed by atoms with Crippen LogP contribution < -0.4 is 5.01 Å². The maximum Gasteiger partial charge on any atom is 0.399 e. The number of benzene rings is 2. The number of aryl methyl sites for hydroxylation is 1. The van der Waals surface area contributed by atoms with Gasteiger partial charge in [0.05, 0.1) is 17.2 Å². The molecule has 0 aromatic heterocycles. The van der Waals surface area contributed by atoms with Crippen molar-refractivity contribution in [2.75, 3.05) is 5.01 Å². The highest BCUT2D eigenvalue weighted by Crippen LogP contribution is 2.38. The van der Waals surface area contributed by atoms with Crippen molar-refractivity contribution in [1.29, 1.82) is 5.26 Å². The van der Waals surface area contributed by atoms with Gasteiger partial charge in [0, 0.05) is 16.9 Å². The summed E-state index contributed by atoms with van der Waals surface area (Å²) in [6.45, 7) is 8.97. The Kier molecular flexibility index (Phi) is 7.47. The Bertz CT molecular complexity index is 1010. The Morgan fingerprint density at radius 1 is 1.23 bits per heavy atom. The zero-order valence-electron chi connectivity index (χ0n) is 16.8. The van der Waals surface area contributed by atoms with E-state index in [1.165, 1.54) is 35.5 Å². The highest BCUT2D eigenvalue weighted by atomic mass is 35.5. The Morgan fingerprint density at radius 2 is 1.93 bits per heavy atom. The summed E-state index contributed by atoms with van der Waals surface area (Å²) in [6.07, 6.45) is -0.606. The Balaban J connectivity index is 2.44. The number of anilines is 1. The first-order chi connectivity index (χ1) is 14.0. The van der Waals surface area contributed by atoms with Gasteiger partial charge in [-0.3, -0.25) is 0 Å². The van der Waals surface area contributed by atoms with Gasteiger partial charge in [-0.2, -0.15) is 23.5 Å². The second kappa shape index (κ2) is 9.64. The molecular formula is C23H21ClF3N3. The maximum atomic E-state index is 13.7. The molecule has 1 atom stereocenters. The van der Waals surface area contributed by atoms with Gasteiger partial charge in [0.25, 0.3) is 0 Å². The molecule has 30 heavy (non-hydrogen) atoms. The summed E-state index contributed by atoms with van der Waals surface area (Å²) >= 11 is 5.95. The molecule has 0 aliphatic rings. The number of hydrogen-bond acceptors (Lipinski definition) is 3. The fraction of sp³-hybridized carbons (Fsp3) is 0.217. The van der Waals surface area contributed by atoms with E-state index in [2.05, 4.69) is 17.7 Å². The molecule has 0 saturated carbocycles. The van der Waals surface area contributed by atoms with Crippen LogP contribution >= 0.6 is 11.6 Å². The van der Waals surface area contributed by atoms with E-state index in [0.29, 0.717) is 16.8 Å². The molecule has 0 radical (unpaired) electrons. The minimum absolute atomic E-state index is 0.0615. The third kappa shape index (κ3) is 5.98. The molecule has 2 aromatic carbocycles. The zero-order chi connectivity index (χ0) is 22.5. The Labute approximate surface area is 179 Å². The number of rotatable bonds is 6. The van der Waals surface area contributed by atoms with Gasteiger partial charge >= 0.3 is 6.18 Å². The molecule has 0 fully saturated rings. The number of allylic oxidation sites excluding steroid dienone is 1. The maximum absolute atomic E-state index is 13.7. The predicted octanol–water partition coefficient (Wildman–Crippen LogP) is 7.23. The number of alkyl halides is 3. The van der Waals surface area contributed by atoms with Crippen molar-refractivity contribution in [3.63, 3.8) is 0 Å². The number of halogens is 4. The highest BCUT2D eigenvalue weighted by molar-refractivity contribution is 6.30. The average Bonchev–Trinajstić information content (AvgIpc) is 2.64. The topological polar surface area (TPSA) is 39.4 Å². The normalized spacial score (nSPS) is 12.3. The molecule has 0 saturated heterocycles. The standard InChI is InChI=1S/C23H21ClF3N3/c1-5-30(29-15(2)3)22-9-7-17(12-19(22)14-28)6-8-21(23(25,26)27)18-10-16(4)11-20(24)13-18/h5-13,21H,1H2,2-4H3/b8-6+. The van der Waals surface area contributed by atoms with Crippen LogP contribution in [0.25, 0.3) is 6.08 Å². The van der Waals surface area contributed by atoms with Gasteiger partial charge in [0.15, 0.2) is 0 Å². The lowest BCUT2D eigenvalue weighted by Gasteiger charge is -2.18. The molecule has 2 aromatic rings. The van der Waals surface area contributed by atoms with Crippen molar-refractivity contribution in [2.45, 2.75) is 32.9 Å². The van der Waals surface area contributed by atoms with Gasteiger partial charge in [-0.1, -0.05) is 42.5 Å². The van der Waals surface area contributed by atoms with Crippen LogP contribution in [0.1, 0.15) is 42.0 Å². The summed E-state index contributed by atoms with van der Waals surface area (Å²) in [4.78, 5) is 0. The van der Waals surface area contributed by atoms with Gasteiger partial charge in [-0.25, -0.2) is 5.01 Å². The quantitative estimate of drug-likeness (QED) is 0.357. The van der Waals surface area contributed by atoms with E-state index in [4.69, 9.17) is 11.6 Å². The van der Waals surface area contributed by atoms with Crippen molar-refractivity contribution in [3.8, 4) is 6.07 Å². The van der Waals surface area contributed by atoms with Crippen LogP contribution in [0.15, 0.2) is 60.4 Å². The zero-order valence-corrected chi connectivity index (χ0v) is 17.6. The fourth-order valence-electron chi connectivity index (χ4n) is 2.92. The first kappa shape index (κ1) is 23.2. The Hall–Kier alpha value is -3.04. The minimum Gasteiger partial charge on any atom is -0.240 e. The third-order valence-corrected chi connectivity index (χ3v) is 4.34. The number of nitriles is 1. The molecule has 0 aliphatic heterocycles. The van der Waals surface area contributed by atoms with Crippen molar-refractivity contribution < 1.29 is 13.2 Å². The van der Waals surface area contributed by atoms with E-state index < -0.39 is 12.1 Å². The van der Waals surface area contributed by atoms with Gasteiger partial charge in [0.1, 0.15) is 6.07 Å². The number of nitrogens with zero attached hydrogens (tertiary/aromatic N) is 3. The molecule has 0 heterocycles. The lowest BCUT2D eigenvalue weighted by atomic mass is 9.95. The van der Waals surface area contributed by atoms with Crippen LogP contribution in [-0.4, -0.2) is 11.9 Å². The molecule has 0 bridgehead atoms. The van der Waals surface area contributed by atoms with Crippen molar-refractivity contribution in [2.24, 2.45) is 5.10 Å².